The zero-order valence-electron chi connectivity index (χ0n) is 7.81. The Balaban J connectivity index is 1.87. The van der Waals surface area contributed by atoms with Crippen molar-refractivity contribution >= 4 is 0 Å². The van der Waals surface area contributed by atoms with Gasteiger partial charge in [0.05, 0.1) is 0 Å². The maximum atomic E-state index is 5.78. The van der Waals surface area contributed by atoms with Crippen LogP contribution in [0.25, 0.3) is 0 Å². The van der Waals surface area contributed by atoms with Crippen LogP contribution in [0.1, 0.15) is 38.5 Å². The third-order valence-corrected chi connectivity index (χ3v) is 2.39. The van der Waals surface area contributed by atoms with Crippen LogP contribution in [0.2, 0.25) is 0 Å². The molecule has 0 aromatic heterocycles. The Bertz CT molecular complexity index is 254. The lowest BCUT2D eigenvalue weighted by Crippen LogP contribution is -2.22. The predicted molar refractivity (Wildman–Crippen MR) is 51.9 cm³/mol. The van der Waals surface area contributed by atoms with E-state index in [1.165, 1.54) is 12.8 Å². The van der Waals surface area contributed by atoms with Crippen molar-refractivity contribution in [2.45, 2.75) is 50.7 Å². The summed E-state index contributed by atoms with van der Waals surface area (Å²) in [7, 11) is 0. The Morgan fingerprint density at radius 3 is 1.77 bits per heavy atom. The van der Waals surface area contributed by atoms with Crippen molar-refractivity contribution in [3.8, 4) is 23.7 Å². The summed E-state index contributed by atoms with van der Waals surface area (Å²) in [6.07, 6.45) is 6.93. The minimum atomic E-state index is 0.158. The van der Waals surface area contributed by atoms with Gasteiger partial charge < -0.3 is 4.74 Å². The molecule has 0 aromatic carbocycles. The van der Waals surface area contributed by atoms with Crippen LogP contribution in [0, 0.1) is 23.7 Å². The molecule has 0 N–H and O–H groups in total. The van der Waals surface area contributed by atoms with Crippen molar-refractivity contribution in [2.75, 3.05) is 0 Å². The highest BCUT2D eigenvalue weighted by atomic mass is 16.5. The summed E-state index contributed by atoms with van der Waals surface area (Å²) in [6, 6.07) is 0. The van der Waals surface area contributed by atoms with Crippen LogP contribution >= 0.6 is 0 Å². The first-order chi connectivity index (χ1) is 6.45. The van der Waals surface area contributed by atoms with Gasteiger partial charge in [-0.2, -0.15) is 0 Å². The number of hydrogen-bond acceptors (Lipinski definition) is 1. The lowest BCUT2D eigenvalue weighted by Gasteiger charge is -2.20. The zero-order chi connectivity index (χ0) is 8.93. The second-order valence-electron chi connectivity index (χ2n) is 3.54. The molecule has 0 saturated heterocycles. The SMILES string of the molecule is C1#CC(OC2C#CCCC2)CCC1. The Hall–Kier alpha value is -0.920. The fraction of sp³-hybridized carbons (Fsp3) is 0.667. The molecular formula is C12H14O. The Kier molecular flexibility index (Phi) is 2.90. The predicted octanol–water partition coefficient (Wildman–Crippen LogP) is 2.11. The van der Waals surface area contributed by atoms with Crippen molar-refractivity contribution < 1.29 is 4.74 Å². The first-order valence-corrected chi connectivity index (χ1v) is 5.07. The lowest BCUT2D eigenvalue weighted by molar-refractivity contribution is 0.0386. The maximum absolute atomic E-state index is 5.78. The molecule has 1 heteroatoms. The van der Waals surface area contributed by atoms with Crippen LogP contribution in [-0.4, -0.2) is 12.2 Å². The first kappa shape index (κ1) is 8.67. The van der Waals surface area contributed by atoms with Crippen LogP contribution in [0.3, 0.4) is 0 Å². The van der Waals surface area contributed by atoms with Gasteiger partial charge in [-0.25, -0.2) is 0 Å². The van der Waals surface area contributed by atoms with Gasteiger partial charge in [0.15, 0.2) is 0 Å². The zero-order valence-corrected chi connectivity index (χ0v) is 7.81. The van der Waals surface area contributed by atoms with Crippen LogP contribution in [0.5, 0.6) is 0 Å². The van der Waals surface area contributed by atoms with Crippen LogP contribution < -0.4 is 0 Å². The van der Waals surface area contributed by atoms with E-state index in [-0.39, 0.29) is 12.2 Å². The van der Waals surface area contributed by atoms with Gasteiger partial charge in [0.2, 0.25) is 0 Å². The highest BCUT2D eigenvalue weighted by Crippen LogP contribution is 2.15. The van der Waals surface area contributed by atoms with E-state index in [1.54, 1.807) is 0 Å². The van der Waals surface area contributed by atoms with Gasteiger partial charge in [-0.05, 0) is 25.7 Å². The molecule has 0 amide bonds. The van der Waals surface area contributed by atoms with E-state index in [1.807, 2.05) is 0 Å². The summed E-state index contributed by atoms with van der Waals surface area (Å²) >= 11 is 0. The maximum Gasteiger partial charge on any atom is 0.119 e. The fourth-order valence-electron chi connectivity index (χ4n) is 1.67. The van der Waals surface area contributed by atoms with E-state index in [2.05, 4.69) is 23.7 Å². The minimum absolute atomic E-state index is 0.158. The van der Waals surface area contributed by atoms with Crippen molar-refractivity contribution in [1.82, 2.24) is 0 Å². The van der Waals surface area contributed by atoms with E-state index in [9.17, 15) is 0 Å². The quantitative estimate of drug-likeness (QED) is 0.583. The van der Waals surface area contributed by atoms with E-state index in [0.717, 1.165) is 25.7 Å². The standard InChI is InChI=1S/C12H14O/c1-3-7-11(8-4-1)13-12-9-5-2-6-10-12/h11-12H,1-3,5,7,9H2. The molecule has 0 spiro atoms. The molecule has 0 bridgehead atoms. The highest BCUT2D eigenvalue weighted by Gasteiger charge is 2.15. The van der Waals surface area contributed by atoms with E-state index in [0.29, 0.717) is 0 Å². The second kappa shape index (κ2) is 4.35. The third kappa shape index (κ3) is 2.51. The summed E-state index contributed by atoms with van der Waals surface area (Å²) in [5, 5.41) is 0. The van der Waals surface area contributed by atoms with Gasteiger partial charge in [-0.15, -0.1) is 11.8 Å². The molecular weight excluding hydrogens is 160 g/mol. The summed E-state index contributed by atoms with van der Waals surface area (Å²) in [5.74, 6) is 12.5. The molecule has 2 unspecified atom stereocenters. The van der Waals surface area contributed by atoms with Crippen molar-refractivity contribution in [2.24, 2.45) is 0 Å². The van der Waals surface area contributed by atoms with Gasteiger partial charge in [0.1, 0.15) is 12.2 Å². The van der Waals surface area contributed by atoms with E-state index in [4.69, 9.17) is 4.74 Å². The largest absolute Gasteiger partial charge is 0.350 e. The molecule has 0 aromatic rings. The monoisotopic (exact) mass is 174 g/mol. The normalized spacial score (nSPS) is 31.1. The van der Waals surface area contributed by atoms with Crippen LogP contribution in [0.4, 0.5) is 0 Å². The van der Waals surface area contributed by atoms with Gasteiger partial charge >= 0.3 is 0 Å². The van der Waals surface area contributed by atoms with Crippen molar-refractivity contribution in [1.29, 1.82) is 0 Å². The smallest absolute Gasteiger partial charge is 0.119 e. The molecule has 0 radical (unpaired) electrons. The number of hydrogen-bond donors (Lipinski definition) is 0. The van der Waals surface area contributed by atoms with Gasteiger partial charge in [-0.3, -0.25) is 0 Å². The van der Waals surface area contributed by atoms with Crippen molar-refractivity contribution in [3.63, 3.8) is 0 Å². The molecule has 1 nitrogen and oxygen atoms in total. The molecule has 2 atom stereocenters. The van der Waals surface area contributed by atoms with E-state index < -0.39 is 0 Å². The average Bonchev–Trinajstić information content (AvgIpc) is 2.21. The lowest BCUT2D eigenvalue weighted by atomic mass is 10.1. The minimum Gasteiger partial charge on any atom is -0.350 e. The number of ether oxygens (including phenoxy) is 1. The summed E-state index contributed by atoms with van der Waals surface area (Å²) in [5.41, 5.74) is 0. The Morgan fingerprint density at radius 2 is 1.38 bits per heavy atom. The van der Waals surface area contributed by atoms with Gasteiger partial charge in [0.25, 0.3) is 0 Å². The molecule has 68 valence electrons. The third-order valence-electron chi connectivity index (χ3n) is 2.39. The molecule has 0 saturated carbocycles. The molecule has 2 rings (SSSR count). The molecule has 13 heavy (non-hydrogen) atoms. The Labute approximate surface area is 79.9 Å². The van der Waals surface area contributed by atoms with Crippen LogP contribution in [0.15, 0.2) is 0 Å². The van der Waals surface area contributed by atoms with Crippen molar-refractivity contribution in [3.05, 3.63) is 0 Å². The molecule has 2 aliphatic rings. The van der Waals surface area contributed by atoms with Gasteiger partial charge in [-0.1, -0.05) is 11.8 Å². The molecule has 2 aliphatic carbocycles. The first-order valence-electron chi connectivity index (χ1n) is 5.07. The Morgan fingerprint density at radius 1 is 0.846 bits per heavy atom. The van der Waals surface area contributed by atoms with E-state index >= 15 is 0 Å². The van der Waals surface area contributed by atoms with Gasteiger partial charge in [0, 0.05) is 12.8 Å². The summed E-state index contributed by atoms with van der Waals surface area (Å²) in [4.78, 5) is 0. The summed E-state index contributed by atoms with van der Waals surface area (Å²) < 4.78 is 5.78. The molecule has 0 heterocycles. The summed E-state index contributed by atoms with van der Waals surface area (Å²) in [6.45, 7) is 0. The molecule has 0 aliphatic heterocycles. The highest BCUT2D eigenvalue weighted by molar-refractivity contribution is 5.12. The topological polar surface area (TPSA) is 9.23 Å². The number of rotatable bonds is 2. The second-order valence-corrected chi connectivity index (χ2v) is 3.54. The fourth-order valence-corrected chi connectivity index (χ4v) is 1.67. The van der Waals surface area contributed by atoms with Crippen LogP contribution in [-0.2, 0) is 4.74 Å². The average molecular weight is 174 g/mol. The molecule has 0 fully saturated rings.